The molecular weight excluding hydrogens is 224 g/mol. The molecule has 0 aromatic heterocycles. The van der Waals surface area contributed by atoms with E-state index in [-0.39, 0.29) is 17.0 Å². The first kappa shape index (κ1) is 11.3. The highest BCUT2D eigenvalue weighted by Crippen LogP contribution is 2.85. The van der Waals surface area contributed by atoms with E-state index in [4.69, 9.17) is 4.74 Å². The van der Waals surface area contributed by atoms with Gasteiger partial charge in [-0.2, -0.15) is 0 Å². The Hall–Kier alpha value is -0.530. The molecule has 1 heterocycles. The Balaban J connectivity index is 1.80. The standard InChI is InChI=1S/C16H24O2/c1-13(2)6-4-7-15-10-16(15)9-12(17)18-14(16,3)8-5-11(13)15/h11H,4-10H2,1-3H3/t11?,14-,15-,16-/m1/s1. The minimum Gasteiger partial charge on any atom is -0.459 e. The largest absolute Gasteiger partial charge is 0.459 e. The zero-order valence-corrected chi connectivity index (χ0v) is 11.8. The van der Waals surface area contributed by atoms with E-state index in [0.717, 1.165) is 12.3 Å². The number of esters is 1. The summed E-state index contributed by atoms with van der Waals surface area (Å²) in [5.74, 6) is 0.889. The first-order valence-electron chi connectivity index (χ1n) is 7.57. The van der Waals surface area contributed by atoms with Gasteiger partial charge in [0.15, 0.2) is 0 Å². The lowest BCUT2D eigenvalue weighted by Gasteiger charge is -2.52. The Bertz CT molecular complexity index is 440. The van der Waals surface area contributed by atoms with Gasteiger partial charge in [0, 0.05) is 5.41 Å². The molecule has 3 aliphatic carbocycles. The van der Waals surface area contributed by atoms with Crippen LogP contribution in [0.2, 0.25) is 0 Å². The smallest absolute Gasteiger partial charge is 0.307 e. The highest BCUT2D eigenvalue weighted by atomic mass is 16.6. The normalized spacial score (nSPS) is 56.2. The van der Waals surface area contributed by atoms with Crippen molar-refractivity contribution in [3.8, 4) is 0 Å². The fraction of sp³-hybridized carbons (Fsp3) is 0.938. The number of rotatable bonds is 0. The molecule has 0 N–H and O–H groups in total. The first-order chi connectivity index (χ1) is 8.35. The summed E-state index contributed by atoms with van der Waals surface area (Å²) >= 11 is 0. The van der Waals surface area contributed by atoms with E-state index in [1.165, 1.54) is 32.1 Å². The predicted molar refractivity (Wildman–Crippen MR) is 69.0 cm³/mol. The van der Waals surface area contributed by atoms with Crippen molar-refractivity contribution >= 4 is 5.97 Å². The van der Waals surface area contributed by atoms with Crippen LogP contribution in [-0.4, -0.2) is 11.6 Å². The lowest BCUT2D eigenvalue weighted by atomic mass is 9.52. The molecule has 2 spiro atoms. The molecule has 4 aliphatic rings. The molecule has 0 radical (unpaired) electrons. The van der Waals surface area contributed by atoms with Crippen LogP contribution >= 0.6 is 0 Å². The van der Waals surface area contributed by atoms with E-state index >= 15 is 0 Å². The van der Waals surface area contributed by atoms with Crippen molar-refractivity contribution < 1.29 is 9.53 Å². The molecule has 0 aromatic rings. The molecule has 1 aliphatic heterocycles. The Morgan fingerprint density at radius 1 is 1.17 bits per heavy atom. The molecule has 0 amide bonds. The van der Waals surface area contributed by atoms with Crippen LogP contribution < -0.4 is 0 Å². The van der Waals surface area contributed by atoms with Gasteiger partial charge < -0.3 is 4.74 Å². The van der Waals surface area contributed by atoms with Crippen LogP contribution in [0, 0.1) is 22.2 Å². The zero-order chi connectivity index (χ0) is 12.8. The molecule has 2 nitrogen and oxygen atoms in total. The number of carbonyl (C=O) groups is 1. The van der Waals surface area contributed by atoms with Gasteiger partial charge in [-0.25, -0.2) is 0 Å². The maximum atomic E-state index is 11.9. The number of carbonyl (C=O) groups excluding carboxylic acids is 1. The average Bonchev–Trinajstić information content (AvgIpc) is 2.78. The van der Waals surface area contributed by atoms with Gasteiger partial charge in [-0.1, -0.05) is 20.3 Å². The molecular formula is C16H24O2. The molecule has 2 heteroatoms. The number of hydrogen-bond donors (Lipinski definition) is 0. The van der Waals surface area contributed by atoms with Crippen molar-refractivity contribution in [3.05, 3.63) is 0 Å². The van der Waals surface area contributed by atoms with Gasteiger partial charge in [0.2, 0.25) is 0 Å². The summed E-state index contributed by atoms with van der Waals surface area (Å²) in [5.41, 5.74) is 1.01. The van der Waals surface area contributed by atoms with E-state index in [9.17, 15) is 4.79 Å². The first-order valence-corrected chi connectivity index (χ1v) is 7.57. The van der Waals surface area contributed by atoms with Crippen LogP contribution in [0.15, 0.2) is 0 Å². The lowest BCUT2D eigenvalue weighted by Crippen LogP contribution is -2.49. The quantitative estimate of drug-likeness (QED) is 0.611. The van der Waals surface area contributed by atoms with Crippen molar-refractivity contribution in [2.75, 3.05) is 0 Å². The van der Waals surface area contributed by atoms with E-state index < -0.39 is 0 Å². The van der Waals surface area contributed by atoms with Crippen LogP contribution in [0.3, 0.4) is 0 Å². The van der Waals surface area contributed by atoms with Gasteiger partial charge >= 0.3 is 5.97 Å². The SMILES string of the molecule is CC1(C)CCC[C@]23C[C@@]24CC(=O)O[C@]4(C)CCC13. The summed E-state index contributed by atoms with van der Waals surface area (Å²) in [6.07, 6.45) is 8.36. The summed E-state index contributed by atoms with van der Waals surface area (Å²) < 4.78 is 5.77. The molecule has 4 fully saturated rings. The third-order valence-corrected chi connectivity index (χ3v) is 7.21. The fourth-order valence-corrected chi connectivity index (χ4v) is 6.38. The summed E-state index contributed by atoms with van der Waals surface area (Å²) in [6, 6.07) is 0. The summed E-state index contributed by atoms with van der Waals surface area (Å²) in [4.78, 5) is 11.9. The topological polar surface area (TPSA) is 26.3 Å². The van der Waals surface area contributed by atoms with E-state index in [1.807, 2.05) is 0 Å². The lowest BCUT2D eigenvalue weighted by molar-refractivity contribution is -0.154. The van der Waals surface area contributed by atoms with Crippen molar-refractivity contribution in [1.29, 1.82) is 0 Å². The molecule has 100 valence electrons. The monoisotopic (exact) mass is 248 g/mol. The molecule has 1 saturated heterocycles. The minimum atomic E-state index is -0.131. The van der Waals surface area contributed by atoms with Crippen molar-refractivity contribution in [3.63, 3.8) is 0 Å². The molecule has 0 aromatic carbocycles. The average molecular weight is 248 g/mol. The van der Waals surface area contributed by atoms with Gasteiger partial charge in [0.1, 0.15) is 5.60 Å². The molecule has 0 bridgehead atoms. The Morgan fingerprint density at radius 2 is 1.94 bits per heavy atom. The third kappa shape index (κ3) is 0.981. The fourth-order valence-electron chi connectivity index (χ4n) is 6.38. The van der Waals surface area contributed by atoms with Crippen LogP contribution in [0.1, 0.15) is 65.7 Å². The van der Waals surface area contributed by atoms with Crippen LogP contribution in [-0.2, 0) is 9.53 Å². The second-order valence-electron chi connectivity index (χ2n) is 8.23. The molecule has 4 rings (SSSR count). The minimum absolute atomic E-state index is 0.0680. The second kappa shape index (κ2) is 2.81. The Morgan fingerprint density at radius 3 is 2.72 bits per heavy atom. The van der Waals surface area contributed by atoms with Crippen LogP contribution in [0.5, 0.6) is 0 Å². The zero-order valence-electron chi connectivity index (χ0n) is 11.8. The molecule has 3 saturated carbocycles. The number of ether oxygens (including phenoxy) is 1. The van der Waals surface area contributed by atoms with Crippen LogP contribution in [0.4, 0.5) is 0 Å². The van der Waals surface area contributed by atoms with Crippen molar-refractivity contribution in [1.82, 2.24) is 0 Å². The molecule has 4 atom stereocenters. The van der Waals surface area contributed by atoms with Gasteiger partial charge in [0.05, 0.1) is 6.42 Å². The van der Waals surface area contributed by atoms with Gasteiger partial charge in [0.25, 0.3) is 0 Å². The maximum absolute atomic E-state index is 11.9. The third-order valence-electron chi connectivity index (χ3n) is 7.21. The van der Waals surface area contributed by atoms with Gasteiger partial charge in [-0.05, 0) is 55.8 Å². The second-order valence-corrected chi connectivity index (χ2v) is 8.23. The summed E-state index contributed by atoms with van der Waals surface area (Å²) in [6.45, 7) is 7.11. The van der Waals surface area contributed by atoms with E-state index in [1.54, 1.807) is 0 Å². The van der Waals surface area contributed by atoms with Crippen LogP contribution in [0.25, 0.3) is 0 Å². The van der Waals surface area contributed by atoms with Gasteiger partial charge in [-0.3, -0.25) is 4.79 Å². The Kier molecular flexibility index (Phi) is 1.76. The predicted octanol–water partition coefficient (Wildman–Crippen LogP) is 3.69. The number of hydrogen-bond acceptors (Lipinski definition) is 2. The highest BCUT2D eigenvalue weighted by molar-refractivity contribution is 5.76. The maximum Gasteiger partial charge on any atom is 0.307 e. The van der Waals surface area contributed by atoms with E-state index in [0.29, 0.717) is 17.3 Å². The van der Waals surface area contributed by atoms with E-state index in [2.05, 4.69) is 20.8 Å². The van der Waals surface area contributed by atoms with Gasteiger partial charge in [-0.15, -0.1) is 0 Å². The summed E-state index contributed by atoms with van der Waals surface area (Å²) in [5, 5.41) is 0. The van der Waals surface area contributed by atoms with Crippen molar-refractivity contribution in [2.45, 2.75) is 71.3 Å². The molecule has 1 unspecified atom stereocenters. The highest BCUT2D eigenvalue weighted by Gasteiger charge is 2.83. The van der Waals surface area contributed by atoms with Crippen molar-refractivity contribution in [2.24, 2.45) is 22.2 Å². The molecule has 18 heavy (non-hydrogen) atoms. The Labute approximate surface area is 109 Å². The summed E-state index contributed by atoms with van der Waals surface area (Å²) in [7, 11) is 0.